The predicted molar refractivity (Wildman–Crippen MR) is 98.0 cm³/mol. The van der Waals surface area contributed by atoms with Crippen molar-refractivity contribution in [3.05, 3.63) is 47.1 Å². The summed E-state index contributed by atoms with van der Waals surface area (Å²) in [6.07, 6.45) is 5.37. The van der Waals surface area contributed by atoms with Crippen LogP contribution in [0.5, 0.6) is 0 Å². The third-order valence-corrected chi connectivity index (χ3v) is 5.02. The van der Waals surface area contributed by atoms with Crippen LogP contribution in [0.2, 0.25) is 0 Å². The van der Waals surface area contributed by atoms with Gasteiger partial charge in [-0.1, -0.05) is 28.1 Å². The molecular weight excluding hydrogens is 368 g/mol. The van der Waals surface area contributed by atoms with E-state index in [-0.39, 0.29) is 6.10 Å². The second-order valence-corrected chi connectivity index (χ2v) is 7.21. The molecule has 1 aliphatic carbocycles. The Balaban J connectivity index is 1.63. The number of nitrogens with one attached hydrogen (secondary N) is 1. The van der Waals surface area contributed by atoms with Gasteiger partial charge in [-0.05, 0) is 49.9 Å². The van der Waals surface area contributed by atoms with Gasteiger partial charge in [-0.25, -0.2) is 9.50 Å². The molecule has 2 heterocycles. The van der Waals surface area contributed by atoms with Gasteiger partial charge in [0.2, 0.25) is 0 Å². The summed E-state index contributed by atoms with van der Waals surface area (Å²) in [7, 11) is 0. The van der Waals surface area contributed by atoms with Gasteiger partial charge in [0.05, 0.1) is 18.0 Å². The molecule has 0 unspecified atom stereocenters. The maximum Gasteiger partial charge on any atom is 0.154 e. The molecule has 0 aliphatic heterocycles. The van der Waals surface area contributed by atoms with Gasteiger partial charge < -0.3 is 10.4 Å². The summed E-state index contributed by atoms with van der Waals surface area (Å²) >= 11 is 3.51. The van der Waals surface area contributed by atoms with E-state index in [4.69, 9.17) is 5.10 Å². The number of imidazole rings is 1. The number of nitrogens with zero attached hydrogens (tertiary/aromatic N) is 3. The lowest BCUT2D eigenvalue weighted by atomic mass is 9.93. The van der Waals surface area contributed by atoms with E-state index < -0.39 is 0 Å². The molecule has 0 bridgehead atoms. The van der Waals surface area contributed by atoms with Crippen molar-refractivity contribution in [2.75, 3.05) is 5.32 Å². The van der Waals surface area contributed by atoms with Gasteiger partial charge >= 0.3 is 0 Å². The van der Waals surface area contributed by atoms with Crippen LogP contribution in [0.25, 0.3) is 16.9 Å². The van der Waals surface area contributed by atoms with E-state index in [0.29, 0.717) is 6.04 Å². The van der Waals surface area contributed by atoms with Crippen LogP contribution in [0.1, 0.15) is 25.7 Å². The molecule has 0 saturated heterocycles. The third-order valence-electron chi connectivity index (χ3n) is 4.53. The molecule has 2 aromatic heterocycles. The number of benzene rings is 1. The van der Waals surface area contributed by atoms with Crippen LogP contribution in [0.3, 0.4) is 0 Å². The Kier molecular flexibility index (Phi) is 4.24. The average Bonchev–Trinajstić information content (AvgIpc) is 3.00. The lowest BCUT2D eigenvalue weighted by Crippen LogP contribution is -2.28. The Bertz CT molecular complexity index is 855. The van der Waals surface area contributed by atoms with Crippen LogP contribution < -0.4 is 5.32 Å². The lowest BCUT2D eigenvalue weighted by molar-refractivity contribution is 0.126. The molecule has 0 radical (unpaired) electrons. The van der Waals surface area contributed by atoms with Crippen molar-refractivity contribution >= 4 is 27.4 Å². The Morgan fingerprint density at radius 1 is 1.12 bits per heavy atom. The zero-order valence-corrected chi connectivity index (χ0v) is 14.8. The van der Waals surface area contributed by atoms with E-state index in [1.165, 1.54) is 0 Å². The van der Waals surface area contributed by atoms with Crippen LogP contribution in [0, 0.1) is 0 Å². The molecule has 5 nitrogen and oxygen atoms in total. The van der Waals surface area contributed by atoms with Crippen molar-refractivity contribution in [2.24, 2.45) is 0 Å². The fraction of sp³-hybridized carbons (Fsp3) is 0.333. The first kappa shape index (κ1) is 15.6. The standard InChI is InChI=1S/C18H19BrN4O/c19-13-3-1-2-12(10-13)16-11-20-18-9-8-17(22-23(16)18)21-14-4-6-15(24)7-5-14/h1-3,8-11,14-15,24H,4-7H2,(H,21,22). The van der Waals surface area contributed by atoms with E-state index in [1.807, 2.05) is 35.0 Å². The van der Waals surface area contributed by atoms with E-state index in [1.54, 1.807) is 0 Å². The molecule has 4 rings (SSSR count). The first-order chi connectivity index (χ1) is 11.7. The van der Waals surface area contributed by atoms with Crippen molar-refractivity contribution in [3.63, 3.8) is 0 Å². The number of aliphatic hydroxyl groups excluding tert-OH is 1. The molecule has 1 aliphatic rings. The van der Waals surface area contributed by atoms with Crippen molar-refractivity contribution in [2.45, 2.75) is 37.8 Å². The van der Waals surface area contributed by atoms with E-state index in [2.05, 4.69) is 38.4 Å². The summed E-state index contributed by atoms with van der Waals surface area (Å²) in [5.74, 6) is 0.845. The maximum atomic E-state index is 9.63. The molecule has 3 aromatic rings. The van der Waals surface area contributed by atoms with E-state index >= 15 is 0 Å². The molecule has 2 N–H and O–H groups in total. The number of aliphatic hydroxyl groups is 1. The summed E-state index contributed by atoms with van der Waals surface area (Å²) in [6, 6.07) is 12.5. The Morgan fingerprint density at radius 3 is 2.75 bits per heavy atom. The smallest absolute Gasteiger partial charge is 0.154 e. The summed E-state index contributed by atoms with van der Waals surface area (Å²) in [4.78, 5) is 4.45. The maximum absolute atomic E-state index is 9.63. The normalized spacial score (nSPS) is 21.1. The highest BCUT2D eigenvalue weighted by atomic mass is 79.9. The zero-order chi connectivity index (χ0) is 16.5. The number of hydrogen-bond acceptors (Lipinski definition) is 4. The predicted octanol–water partition coefficient (Wildman–Crippen LogP) is 3.87. The monoisotopic (exact) mass is 386 g/mol. The largest absolute Gasteiger partial charge is 0.393 e. The molecule has 0 atom stereocenters. The van der Waals surface area contributed by atoms with Crippen molar-refractivity contribution in [3.8, 4) is 11.3 Å². The van der Waals surface area contributed by atoms with Crippen molar-refractivity contribution < 1.29 is 5.11 Å². The van der Waals surface area contributed by atoms with Crippen molar-refractivity contribution in [1.82, 2.24) is 14.6 Å². The minimum absolute atomic E-state index is 0.143. The summed E-state index contributed by atoms with van der Waals surface area (Å²) < 4.78 is 2.91. The first-order valence-electron chi connectivity index (χ1n) is 8.24. The van der Waals surface area contributed by atoms with Crippen LogP contribution in [-0.4, -0.2) is 31.9 Å². The summed E-state index contributed by atoms with van der Waals surface area (Å²) in [6.45, 7) is 0. The number of fused-ring (bicyclic) bond motifs is 1. The Labute approximate surface area is 148 Å². The van der Waals surface area contributed by atoms with E-state index in [0.717, 1.165) is 52.9 Å². The molecule has 124 valence electrons. The molecule has 24 heavy (non-hydrogen) atoms. The topological polar surface area (TPSA) is 62.5 Å². The lowest BCUT2D eigenvalue weighted by Gasteiger charge is -2.26. The Hall–Kier alpha value is -1.92. The molecular formula is C18H19BrN4O. The molecule has 1 aromatic carbocycles. The molecule has 6 heteroatoms. The van der Waals surface area contributed by atoms with Gasteiger partial charge in [0, 0.05) is 16.1 Å². The average molecular weight is 387 g/mol. The molecule has 0 amide bonds. The zero-order valence-electron chi connectivity index (χ0n) is 13.2. The number of hydrogen-bond donors (Lipinski definition) is 2. The number of halogens is 1. The molecule has 0 spiro atoms. The van der Waals surface area contributed by atoms with Gasteiger partial charge in [-0.2, -0.15) is 0 Å². The fourth-order valence-corrected chi connectivity index (χ4v) is 3.62. The summed E-state index contributed by atoms with van der Waals surface area (Å²) in [5.41, 5.74) is 2.87. The van der Waals surface area contributed by atoms with Gasteiger partial charge in [0.25, 0.3) is 0 Å². The second-order valence-electron chi connectivity index (χ2n) is 6.29. The highest BCUT2D eigenvalue weighted by Gasteiger charge is 2.19. The van der Waals surface area contributed by atoms with Gasteiger partial charge in [-0.3, -0.25) is 0 Å². The molecule has 1 fully saturated rings. The van der Waals surface area contributed by atoms with Crippen molar-refractivity contribution in [1.29, 1.82) is 0 Å². The van der Waals surface area contributed by atoms with Crippen LogP contribution in [-0.2, 0) is 0 Å². The SMILES string of the molecule is OC1CCC(Nc2ccc3ncc(-c4cccc(Br)c4)n3n2)CC1. The van der Waals surface area contributed by atoms with Gasteiger partial charge in [0.1, 0.15) is 5.82 Å². The minimum Gasteiger partial charge on any atom is -0.393 e. The van der Waals surface area contributed by atoms with Gasteiger partial charge in [0.15, 0.2) is 5.65 Å². The van der Waals surface area contributed by atoms with Crippen LogP contribution in [0.15, 0.2) is 47.1 Å². The first-order valence-corrected chi connectivity index (χ1v) is 9.04. The quantitative estimate of drug-likeness (QED) is 0.716. The highest BCUT2D eigenvalue weighted by Crippen LogP contribution is 2.25. The van der Waals surface area contributed by atoms with Gasteiger partial charge in [-0.15, -0.1) is 5.10 Å². The second kappa shape index (κ2) is 6.53. The Morgan fingerprint density at radius 2 is 1.96 bits per heavy atom. The highest BCUT2D eigenvalue weighted by molar-refractivity contribution is 9.10. The molecule has 1 saturated carbocycles. The third kappa shape index (κ3) is 3.16. The fourth-order valence-electron chi connectivity index (χ4n) is 3.22. The number of aromatic nitrogens is 3. The van der Waals surface area contributed by atoms with E-state index in [9.17, 15) is 5.11 Å². The number of anilines is 1. The van der Waals surface area contributed by atoms with Crippen LogP contribution >= 0.6 is 15.9 Å². The van der Waals surface area contributed by atoms with Crippen LogP contribution in [0.4, 0.5) is 5.82 Å². The number of rotatable bonds is 3. The summed E-state index contributed by atoms with van der Waals surface area (Å²) in [5, 5.41) is 17.8. The minimum atomic E-state index is -0.143.